The molecule has 0 heterocycles. The molecule has 0 aliphatic heterocycles. The van der Waals surface area contributed by atoms with Gasteiger partial charge in [-0.15, -0.1) is 0 Å². The second kappa shape index (κ2) is 5.39. The molecule has 0 nitrogen and oxygen atoms in total. The highest BCUT2D eigenvalue weighted by Crippen LogP contribution is 2.34. The third-order valence-electron chi connectivity index (χ3n) is 2.27. The normalized spacial score (nSPS) is 12.4. The molecule has 1 atom stereocenters. The van der Waals surface area contributed by atoms with E-state index in [1.165, 1.54) is 5.56 Å². The van der Waals surface area contributed by atoms with Crippen LogP contribution in [0.3, 0.4) is 0 Å². The molecule has 16 heavy (non-hydrogen) atoms. The average molecular weight is 363 g/mol. The van der Waals surface area contributed by atoms with E-state index in [1.807, 2.05) is 30.3 Å². The summed E-state index contributed by atoms with van der Waals surface area (Å²) in [5, 5.41) is 1.36. The maximum absolute atomic E-state index is 5.99. The quantitative estimate of drug-likeness (QED) is 0.487. The molecule has 0 spiro atoms. The molecule has 2 aromatic rings. The van der Waals surface area contributed by atoms with E-state index < -0.39 is 0 Å². The van der Waals surface area contributed by atoms with E-state index in [4.69, 9.17) is 23.2 Å². The van der Waals surface area contributed by atoms with Gasteiger partial charge < -0.3 is 0 Å². The first-order valence-electron chi connectivity index (χ1n) is 4.82. The molecule has 0 fully saturated rings. The Kier molecular flexibility index (Phi) is 4.11. The highest BCUT2D eigenvalue weighted by molar-refractivity contribution is 14.1. The molecule has 2 aromatic carbocycles. The maximum Gasteiger partial charge on any atom is 0.0609 e. The molecule has 2 rings (SSSR count). The minimum Gasteiger partial charge on any atom is -0.0843 e. The minimum absolute atomic E-state index is 0.273. The zero-order valence-electron chi connectivity index (χ0n) is 8.33. The van der Waals surface area contributed by atoms with E-state index in [0.29, 0.717) is 10.0 Å². The molecule has 82 valence electrons. The SMILES string of the molecule is Clc1cc(Cl)cc([C@@H](I)c2ccccc2)c1. The number of halogens is 3. The van der Waals surface area contributed by atoms with Crippen LogP contribution in [0.2, 0.25) is 10.0 Å². The van der Waals surface area contributed by atoms with Crippen LogP contribution >= 0.6 is 45.8 Å². The largest absolute Gasteiger partial charge is 0.0843 e. The summed E-state index contributed by atoms with van der Waals surface area (Å²) in [4.78, 5) is 0. The molecule has 0 N–H and O–H groups in total. The van der Waals surface area contributed by atoms with Crippen LogP contribution in [0.15, 0.2) is 48.5 Å². The Morgan fingerprint density at radius 2 is 1.38 bits per heavy atom. The lowest BCUT2D eigenvalue weighted by molar-refractivity contribution is 1.20. The summed E-state index contributed by atoms with van der Waals surface area (Å²) in [6, 6.07) is 16.0. The lowest BCUT2D eigenvalue weighted by Crippen LogP contribution is -1.92. The first-order valence-corrected chi connectivity index (χ1v) is 6.82. The first-order chi connectivity index (χ1) is 7.66. The molecule has 0 unspecified atom stereocenters. The predicted octanol–water partition coefficient (Wildman–Crippen LogP) is 5.52. The third-order valence-corrected chi connectivity index (χ3v) is 4.14. The molecular weight excluding hydrogens is 354 g/mol. The minimum atomic E-state index is 0.273. The zero-order chi connectivity index (χ0) is 11.5. The molecule has 0 saturated carbocycles. The van der Waals surface area contributed by atoms with Crippen molar-refractivity contribution in [3.63, 3.8) is 0 Å². The smallest absolute Gasteiger partial charge is 0.0609 e. The van der Waals surface area contributed by atoms with Gasteiger partial charge in [0.25, 0.3) is 0 Å². The monoisotopic (exact) mass is 362 g/mol. The summed E-state index contributed by atoms with van der Waals surface area (Å²) in [5.41, 5.74) is 2.38. The van der Waals surface area contributed by atoms with E-state index in [1.54, 1.807) is 6.07 Å². The second-order valence-electron chi connectivity index (χ2n) is 3.48. The summed E-state index contributed by atoms with van der Waals surface area (Å²) in [6.45, 7) is 0. The number of rotatable bonds is 2. The Morgan fingerprint density at radius 1 is 0.812 bits per heavy atom. The van der Waals surface area contributed by atoms with Gasteiger partial charge in [0.05, 0.1) is 3.92 Å². The van der Waals surface area contributed by atoms with Crippen LogP contribution in [0.5, 0.6) is 0 Å². The van der Waals surface area contributed by atoms with Gasteiger partial charge in [-0.25, -0.2) is 0 Å². The van der Waals surface area contributed by atoms with Crippen LogP contribution in [0.1, 0.15) is 15.1 Å². The lowest BCUT2D eigenvalue weighted by Gasteiger charge is -2.11. The van der Waals surface area contributed by atoms with Crippen molar-refractivity contribution in [3.8, 4) is 0 Å². The fourth-order valence-electron chi connectivity index (χ4n) is 1.54. The number of alkyl halides is 1. The summed E-state index contributed by atoms with van der Waals surface area (Å²) in [6.07, 6.45) is 0. The van der Waals surface area contributed by atoms with E-state index in [2.05, 4.69) is 34.7 Å². The third kappa shape index (κ3) is 2.90. The van der Waals surface area contributed by atoms with Crippen molar-refractivity contribution >= 4 is 45.8 Å². The van der Waals surface area contributed by atoms with Gasteiger partial charge in [-0.2, -0.15) is 0 Å². The Balaban J connectivity index is 2.37. The molecule has 0 aromatic heterocycles. The van der Waals surface area contributed by atoms with Crippen LogP contribution in [0, 0.1) is 0 Å². The van der Waals surface area contributed by atoms with Gasteiger partial charge in [0.15, 0.2) is 0 Å². The fourth-order valence-corrected chi connectivity index (χ4v) is 2.85. The van der Waals surface area contributed by atoms with Crippen LogP contribution in [-0.4, -0.2) is 0 Å². The van der Waals surface area contributed by atoms with E-state index >= 15 is 0 Å². The van der Waals surface area contributed by atoms with Crippen molar-refractivity contribution in [2.75, 3.05) is 0 Å². The highest BCUT2D eigenvalue weighted by Gasteiger charge is 2.10. The number of hydrogen-bond donors (Lipinski definition) is 0. The van der Waals surface area contributed by atoms with Crippen LogP contribution in [-0.2, 0) is 0 Å². The van der Waals surface area contributed by atoms with Crippen LogP contribution < -0.4 is 0 Å². The zero-order valence-corrected chi connectivity index (χ0v) is 12.0. The summed E-state index contributed by atoms with van der Waals surface area (Å²) < 4.78 is 0.273. The number of hydrogen-bond acceptors (Lipinski definition) is 0. The summed E-state index contributed by atoms with van der Waals surface area (Å²) in [5.74, 6) is 0. The van der Waals surface area contributed by atoms with Crippen molar-refractivity contribution in [2.45, 2.75) is 3.92 Å². The van der Waals surface area contributed by atoms with E-state index in [9.17, 15) is 0 Å². The maximum atomic E-state index is 5.99. The van der Waals surface area contributed by atoms with Gasteiger partial charge in [0.1, 0.15) is 0 Å². The van der Waals surface area contributed by atoms with E-state index in [0.717, 1.165) is 5.56 Å². The molecule has 0 radical (unpaired) electrons. The van der Waals surface area contributed by atoms with Gasteiger partial charge in [-0.05, 0) is 29.3 Å². The van der Waals surface area contributed by atoms with Gasteiger partial charge in [0, 0.05) is 10.0 Å². The summed E-state index contributed by atoms with van der Waals surface area (Å²) >= 11 is 14.4. The molecular formula is C13H9Cl2I. The Hall–Kier alpha value is -0.250. The highest BCUT2D eigenvalue weighted by atomic mass is 127. The molecule has 0 bridgehead atoms. The van der Waals surface area contributed by atoms with Gasteiger partial charge in [-0.1, -0.05) is 76.1 Å². The van der Waals surface area contributed by atoms with E-state index in [-0.39, 0.29) is 3.92 Å². The standard InChI is InChI=1S/C13H9Cl2I/c14-11-6-10(7-12(15)8-11)13(16)9-4-2-1-3-5-9/h1-8,13H/t13-/m0/s1. The molecule has 0 amide bonds. The Morgan fingerprint density at radius 3 is 1.94 bits per heavy atom. The fraction of sp³-hybridized carbons (Fsp3) is 0.0769. The van der Waals surface area contributed by atoms with Gasteiger partial charge in [0.2, 0.25) is 0 Å². The summed E-state index contributed by atoms with van der Waals surface area (Å²) in [7, 11) is 0. The van der Waals surface area contributed by atoms with Crippen molar-refractivity contribution < 1.29 is 0 Å². The van der Waals surface area contributed by atoms with Crippen molar-refractivity contribution in [3.05, 3.63) is 69.7 Å². The predicted molar refractivity (Wildman–Crippen MR) is 78.8 cm³/mol. The van der Waals surface area contributed by atoms with Gasteiger partial charge in [-0.3, -0.25) is 0 Å². The number of benzene rings is 2. The van der Waals surface area contributed by atoms with Crippen molar-refractivity contribution in [2.24, 2.45) is 0 Å². The van der Waals surface area contributed by atoms with Crippen LogP contribution in [0.4, 0.5) is 0 Å². The van der Waals surface area contributed by atoms with Gasteiger partial charge >= 0.3 is 0 Å². The molecule has 0 aliphatic carbocycles. The first kappa shape index (κ1) is 12.2. The molecule has 0 aliphatic rings. The Labute approximate surface area is 119 Å². The second-order valence-corrected chi connectivity index (χ2v) is 5.59. The lowest BCUT2D eigenvalue weighted by atomic mass is 10.1. The van der Waals surface area contributed by atoms with Crippen LogP contribution in [0.25, 0.3) is 0 Å². The topological polar surface area (TPSA) is 0 Å². The van der Waals surface area contributed by atoms with Crippen molar-refractivity contribution in [1.82, 2.24) is 0 Å². The molecule has 0 saturated heterocycles. The Bertz CT molecular complexity index is 462. The average Bonchev–Trinajstić information content (AvgIpc) is 2.28. The van der Waals surface area contributed by atoms with Crippen molar-refractivity contribution in [1.29, 1.82) is 0 Å². The molecule has 3 heteroatoms.